The highest BCUT2D eigenvalue weighted by Gasteiger charge is 2.27. The van der Waals surface area contributed by atoms with Gasteiger partial charge in [0.25, 0.3) is 0 Å². The van der Waals surface area contributed by atoms with Gasteiger partial charge in [0.15, 0.2) is 0 Å². The summed E-state index contributed by atoms with van der Waals surface area (Å²) in [5.41, 5.74) is 7.14. The Kier molecular flexibility index (Phi) is 7.72. The van der Waals surface area contributed by atoms with Crippen molar-refractivity contribution >= 4 is 11.5 Å². The topological polar surface area (TPSA) is 39.2 Å². The van der Waals surface area contributed by atoms with Gasteiger partial charge in [0, 0.05) is 18.5 Å². The maximum absolute atomic E-state index is 11.2. The first-order chi connectivity index (χ1) is 13.7. The Morgan fingerprint density at radius 1 is 1.21 bits per heavy atom. The lowest BCUT2D eigenvalue weighted by atomic mass is 9.72. The molecule has 0 saturated heterocycles. The molecule has 0 bridgehead atoms. The van der Waals surface area contributed by atoms with Crippen molar-refractivity contribution in [2.45, 2.75) is 41.0 Å². The fourth-order valence-corrected chi connectivity index (χ4v) is 3.39. The van der Waals surface area contributed by atoms with E-state index >= 15 is 0 Å². The van der Waals surface area contributed by atoms with Crippen LogP contribution in [0.15, 0.2) is 89.4 Å². The third kappa shape index (κ3) is 6.28. The van der Waals surface area contributed by atoms with Crippen molar-refractivity contribution in [3.05, 3.63) is 94.9 Å². The Bertz CT molecular complexity index is 923. The predicted octanol–water partition coefficient (Wildman–Crippen LogP) is 6.39. The number of hydrogen-bond acceptors (Lipinski definition) is 3. The number of carbonyl (C=O) groups is 1. The normalized spacial score (nSPS) is 17.8. The minimum atomic E-state index is -0.341. The zero-order chi connectivity index (χ0) is 21.4. The number of hydrogen-bond donors (Lipinski definition) is 0. The number of carbonyl (C=O) groups excluding carboxylic acids is 1. The summed E-state index contributed by atoms with van der Waals surface area (Å²) in [5.74, 6) is -0.341. The Hall–Kier alpha value is -2.94. The van der Waals surface area contributed by atoms with Crippen molar-refractivity contribution in [3.63, 3.8) is 0 Å². The van der Waals surface area contributed by atoms with Crippen LogP contribution in [0.25, 0.3) is 5.57 Å². The smallest absolute Gasteiger partial charge is 0.330 e. The first-order valence-electron chi connectivity index (χ1n) is 9.86. The molecule has 0 fully saturated rings. The van der Waals surface area contributed by atoms with Crippen molar-refractivity contribution in [2.75, 3.05) is 7.11 Å². The Morgan fingerprint density at radius 3 is 2.62 bits per heavy atom. The molecular weight excluding hydrogens is 358 g/mol. The van der Waals surface area contributed by atoms with E-state index in [4.69, 9.17) is 0 Å². The first kappa shape index (κ1) is 22.4. The average molecular weight is 390 g/mol. The summed E-state index contributed by atoms with van der Waals surface area (Å²) in [6.07, 6.45) is 18.8. The van der Waals surface area contributed by atoms with Crippen molar-refractivity contribution in [2.24, 2.45) is 5.41 Å². The van der Waals surface area contributed by atoms with Gasteiger partial charge >= 0.3 is 5.97 Å². The number of rotatable bonds is 6. The molecule has 1 aliphatic carbocycles. The molecule has 3 heteroatoms. The van der Waals surface area contributed by atoms with Gasteiger partial charge in [-0.2, -0.15) is 0 Å². The third-order valence-electron chi connectivity index (χ3n) is 5.10. The van der Waals surface area contributed by atoms with Crippen LogP contribution in [-0.4, -0.2) is 18.1 Å². The lowest BCUT2D eigenvalue weighted by molar-refractivity contribution is -0.134. The van der Waals surface area contributed by atoms with Crippen molar-refractivity contribution in [1.82, 2.24) is 4.98 Å². The second kappa shape index (κ2) is 10.0. The molecule has 0 spiro atoms. The van der Waals surface area contributed by atoms with E-state index in [1.165, 1.54) is 29.9 Å². The summed E-state index contributed by atoms with van der Waals surface area (Å²) in [5, 5.41) is 0. The molecule has 29 heavy (non-hydrogen) atoms. The van der Waals surface area contributed by atoms with Gasteiger partial charge in [0.1, 0.15) is 0 Å². The fourth-order valence-electron chi connectivity index (χ4n) is 3.39. The second-order valence-electron chi connectivity index (χ2n) is 8.00. The summed E-state index contributed by atoms with van der Waals surface area (Å²) < 4.78 is 4.63. The van der Waals surface area contributed by atoms with Gasteiger partial charge in [0.2, 0.25) is 0 Å². The average Bonchev–Trinajstić information content (AvgIpc) is 2.68. The highest BCUT2D eigenvalue weighted by Crippen LogP contribution is 2.43. The van der Waals surface area contributed by atoms with Crippen LogP contribution in [0.5, 0.6) is 0 Å². The molecule has 0 N–H and O–H groups in total. The molecule has 0 aromatic carbocycles. The van der Waals surface area contributed by atoms with Crippen LogP contribution in [0.3, 0.4) is 0 Å². The molecule has 0 amide bonds. The Labute approximate surface area is 174 Å². The predicted molar refractivity (Wildman–Crippen MR) is 121 cm³/mol. The van der Waals surface area contributed by atoms with Gasteiger partial charge in [0.05, 0.1) is 7.11 Å². The van der Waals surface area contributed by atoms with E-state index in [-0.39, 0.29) is 11.4 Å². The molecule has 0 radical (unpaired) electrons. The Balaban J connectivity index is 2.23. The number of esters is 1. The zero-order valence-corrected chi connectivity index (χ0v) is 18.3. The minimum Gasteiger partial charge on any atom is -0.466 e. The number of nitrogens with zero attached hydrogens (tertiary/aromatic N) is 1. The maximum Gasteiger partial charge on any atom is 0.330 e. The van der Waals surface area contributed by atoms with E-state index < -0.39 is 0 Å². The van der Waals surface area contributed by atoms with E-state index in [2.05, 4.69) is 61.7 Å². The van der Waals surface area contributed by atoms with Gasteiger partial charge in [-0.3, -0.25) is 4.98 Å². The van der Waals surface area contributed by atoms with Crippen LogP contribution in [0.2, 0.25) is 0 Å². The summed E-state index contributed by atoms with van der Waals surface area (Å²) >= 11 is 0. The number of methoxy groups -OCH3 is 1. The SMILES string of the molecule is COC(=O)\C=C(C)/C=C/C=C(C)/C=C/C1=C(C)C(c2cccnc2)=CCC1(C)C. The molecule has 1 heterocycles. The summed E-state index contributed by atoms with van der Waals surface area (Å²) in [6.45, 7) is 10.7. The molecule has 0 saturated carbocycles. The van der Waals surface area contributed by atoms with Crippen LogP contribution in [-0.2, 0) is 9.53 Å². The van der Waals surface area contributed by atoms with Crippen molar-refractivity contribution in [1.29, 1.82) is 0 Å². The van der Waals surface area contributed by atoms with E-state index in [9.17, 15) is 4.79 Å². The van der Waals surface area contributed by atoms with Gasteiger partial charge < -0.3 is 4.74 Å². The molecule has 1 aromatic rings. The van der Waals surface area contributed by atoms with Gasteiger partial charge in [-0.25, -0.2) is 4.79 Å². The molecule has 1 aliphatic rings. The standard InChI is InChI=1S/C26H31NO2/c1-19(9-7-10-20(2)17-25(28)29-6)12-13-24-21(3)23(14-15-26(24,4)5)22-11-8-16-27-18-22/h7-14,16-18H,15H2,1-6H3/b10-7+,13-12+,19-9+,20-17-. The Morgan fingerprint density at radius 2 is 1.97 bits per heavy atom. The lowest BCUT2D eigenvalue weighted by Crippen LogP contribution is -2.18. The van der Waals surface area contributed by atoms with Crippen LogP contribution in [0.1, 0.15) is 46.6 Å². The second-order valence-corrected chi connectivity index (χ2v) is 8.00. The summed E-state index contributed by atoms with van der Waals surface area (Å²) in [6, 6.07) is 4.09. The fraction of sp³-hybridized carbons (Fsp3) is 0.308. The zero-order valence-electron chi connectivity index (χ0n) is 18.3. The number of allylic oxidation sites excluding steroid dienone is 11. The van der Waals surface area contributed by atoms with Crippen LogP contribution in [0, 0.1) is 5.41 Å². The van der Waals surface area contributed by atoms with Crippen LogP contribution >= 0.6 is 0 Å². The third-order valence-corrected chi connectivity index (χ3v) is 5.10. The highest BCUT2D eigenvalue weighted by molar-refractivity contribution is 5.83. The maximum atomic E-state index is 11.2. The van der Waals surface area contributed by atoms with Crippen molar-refractivity contribution in [3.8, 4) is 0 Å². The number of pyridine rings is 1. The lowest BCUT2D eigenvalue weighted by Gasteiger charge is -2.32. The molecule has 0 aliphatic heterocycles. The molecule has 3 nitrogen and oxygen atoms in total. The quantitative estimate of drug-likeness (QED) is 0.321. The van der Waals surface area contributed by atoms with Crippen LogP contribution in [0.4, 0.5) is 0 Å². The van der Waals surface area contributed by atoms with E-state index in [1.54, 1.807) is 6.20 Å². The van der Waals surface area contributed by atoms with E-state index in [1.807, 2.05) is 37.4 Å². The van der Waals surface area contributed by atoms with Gasteiger partial charge in [-0.05, 0) is 66.5 Å². The van der Waals surface area contributed by atoms with Gasteiger partial charge in [-0.1, -0.05) is 61.9 Å². The highest BCUT2D eigenvalue weighted by atomic mass is 16.5. The monoisotopic (exact) mass is 389 g/mol. The van der Waals surface area contributed by atoms with Crippen molar-refractivity contribution < 1.29 is 9.53 Å². The molecule has 0 unspecified atom stereocenters. The molecule has 0 atom stereocenters. The molecule has 1 aromatic heterocycles. The minimum absolute atomic E-state index is 0.0856. The largest absolute Gasteiger partial charge is 0.466 e. The first-order valence-corrected chi connectivity index (χ1v) is 9.86. The molecule has 152 valence electrons. The van der Waals surface area contributed by atoms with E-state index in [0.717, 1.165) is 23.1 Å². The number of ether oxygens (including phenoxy) is 1. The summed E-state index contributed by atoms with van der Waals surface area (Å²) in [7, 11) is 1.38. The summed E-state index contributed by atoms with van der Waals surface area (Å²) in [4.78, 5) is 15.5. The number of aromatic nitrogens is 1. The van der Waals surface area contributed by atoms with Crippen LogP contribution < -0.4 is 0 Å². The van der Waals surface area contributed by atoms with Gasteiger partial charge in [-0.15, -0.1) is 0 Å². The molecular formula is C26H31NO2. The molecule has 2 rings (SSSR count). The van der Waals surface area contributed by atoms with E-state index in [0.29, 0.717) is 0 Å².